The van der Waals surface area contributed by atoms with Crippen LogP contribution in [0.4, 0.5) is 0 Å². The molecule has 91 heavy (non-hydrogen) atoms. The van der Waals surface area contributed by atoms with E-state index in [-0.39, 0.29) is 19.3 Å². The maximum atomic E-state index is 12.9. The predicted octanol–water partition coefficient (Wildman–Crippen LogP) is 19.6. The van der Waals surface area contributed by atoms with Crippen LogP contribution in [0.2, 0.25) is 0 Å². The second-order valence-corrected chi connectivity index (χ2v) is 26.2. The molecule has 0 bridgehead atoms. The fraction of sp³-hybridized carbons (Fsp3) is 0.712. The van der Waals surface area contributed by atoms with Gasteiger partial charge in [0, 0.05) is 19.3 Å². The predicted molar refractivity (Wildman–Crippen MR) is 371 cm³/mol. The number of carbonyl (C=O) groups excluding carboxylic acids is 3. The zero-order valence-corrected chi connectivity index (χ0v) is 58.5. The highest BCUT2D eigenvalue weighted by atomic mass is 31.2. The highest BCUT2D eigenvalue weighted by Crippen LogP contribution is 2.45. The van der Waals surface area contributed by atoms with Gasteiger partial charge in [0.05, 0.1) is 26.4 Å². The second kappa shape index (κ2) is 66.2. The maximum Gasteiger partial charge on any atom is 0.472 e. The van der Waals surface area contributed by atoms with Gasteiger partial charge < -0.3 is 34.2 Å². The largest absolute Gasteiger partial charge is 0.472 e. The van der Waals surface area contributed by atoms with Gasteiger partial charge in [-0.15, -0.1) is 0 Å². The first kappa shape index (κ1) is 87.2. The molecule has 0 aromatic rings. The molecule has 0 aliphatic carbocycles. The maximum absolute atomic E-state index is 12.9. The summed E-state index contributed by atoms with van der Waals surface area (Å²) < 4.78 is 60.9. The van der Waals surface area contributed by atoms with E-state index < -0.39 is 91.5 Å². The number of hydrogen-bond acceptors (Lipinski definition) is 14. The lowest BCUT2D eigenvalue weighted by Gasteiger charge is -2.21. The fourth-order valence-corrected chi connectivity index (χ4v) is 10.6. The van der Waals surface area contributed by atoms with E-state index in [4.69, 9.17) is 32.3 Å². The molecule has 0 radical (unpaired) electrons. The molecule has 0 aromatic heterocycles. The summed E-state index contributed by atoms with van der Waals surface area (Å²) in [6, 6.07) is 0. The van der Waals surface area contributed by atoms with Crippen LogP contribution in [-0.4, -0.2) is 95.9 Å². The molecule has 5 unspecified atom stereocenters. The van der Waals surface area contributed by atoms with Gasteiger partial charge in [-0.1, -0.05) is 233 Å². The molecule has 18 heteroatoms. The van der Waals surface area contributed by atoms with Crippen molar-refractivity contribution in [2.24, 2.45) is 0 Å². The summed E-state index contributed by atoms with van der Waals surface area (Å²) >= 11 is 0. The number of aliphatic hydroxyl groups is 2. The molecule has 0 saturated heterocycles. The number of phosphoric acid groups is 2. The number of esters is 3. The first-order valence-electron chi connectivity index (χ1n) is 35.2. The average Bonchev–Trinajstić information content (AvgIpc) is 3.09. The molecular weight excluding hydrogens is 1190 g/mol. The van der Waals surface area contributed by atoms with Crippen LogP contribution < -0.4 is 0 Å². The van der Waals surface area contributed by atoms with Crippen molar-refractivity contribution in [1.29, 1.82) is 0 Å². The SMILES string of the molecule is CCCCC/C=C\C/C=C\C/C=C\C/C=C\CCCCCCCC(=O)OCC(O)COP(=O)(O)OCC(O)COP(=O)(O)OCC(COC(=O)CCCCCCCC/C=C\C/C=C\C/C=C\CCCCC)OC(=O)CCCCCCC/C=C\C/C=C\CCCCC. The van der Waals surface area contributed by atoms with Gasteiger partial charge in [-0.05, 0) is 135 Å². The average molecular weight is 1320 g/mol. The summed E-state index contributed by atoms with van der Waals surface area (Å²) in [6.45, 7) is 2.53. The number of allylic oxidation sites excluding steroid dienone is 18. The zero-order valence-electron chi connectivity index (χ0n) is 56.7. The van der Waals surface area contributed by atoms with Crippen molar-refractivity contribution in [1.82, 2.24) is 0 Å². The Bertz CT molecular complexity index is 2100. The van der Waals surface area contributed by atoms with Crippen molar-refractivity contribution in [3.05, 3.63) is 109 Å². The number of ether oxygens (including phenoxy) is 3. The number of carbonyl (C=O) groups is 3. The summed E-state index contributed by atoms with van der Waals surface area (Å²) in [6.07, 6.45) is 74.1. The fourth-order valence-electron chi connectivity index (χ4n) is 9.00. The highest BCUT2D eigenvalue weighted by molar-refractivity contribution is 7.47. The van der Waals surface area contributed by atoms with Gasteiger partial charge in [0.25, 0.3) is 0 Å². The van der Waals surface area contributed by atoms with Gasteiger partial charge in [0.15, 0.2) is 6.10 Å². The van der Waals surface area contributed by atoms with Crippen molar-refractivity contribution in [3.8, 4) is 0 Å². The number of hydrogen-bond donors (Lipinski definition) is 4. The first-order chi connectivity index (χ1) is 44.2. The normalized spacial score (nSPS) is 14.8. The summed E-state index contributed by atoms with van der Waals surface area (Å²) in [5.74, 6) is -1.62. The summed E-state index contributed by atoms with van der Waals surface area (Å²) in [5, 5.41) is 20.6. The number of aliphatic hydroxyl groups excluding tert-OH is 2. The van der Waals surface area contributed by atoms with E-state index in [1.165, 1.54) is 64.2 Å². The van der Waals surface area contributed by atoms with Crippen molar-refractivity contribution >= 4 is 33.6 Å². The van der Waals surface area contributed by atoms with Crippen molar-refractivity contribution in [2.75, 3.05) is 39.6 Å². The van der Waals surface area contributed by atoms with E-state index in [2.05, 4.69) is 130 Å². The molecule has 0 aliphatic heterocycles. The highest BCUT2D eigenvalue weighted by Gasteiger charge is 2.29. The Kier molecular flexibility index (Phi) is 63.5. The summed E-state index contributed by atoms with van der Waals surface area (Å²) in [7, 11) is -9.79. The number of rotatable bonds is 66. The van der Waals surface area contributed by atoms with Crippen LogP contribution in [0.5, 0.6) is 0 Å². The van der Waals surface area contributed by atoms with E-state index in [1.54, 1.807) is 0 Å². The smallest absolute Gasteiger partial charge is 0.463 e. The van der Waals surface area contributed by atoms with E-state index in [1.807, 2.05) is 0 Å². The van der Waals surface area contributed by atoms with Crippen LogP contribution in [-0.2, 0) is 55.8 Å². The molecule has 0 heterocycles. The molecule has 0 fully saturated rings. The van der Waals surface area contributed by atoms with Crippen molar-refractivity contribution in [2.45, 2.75) is 296 Å². The van der Waals surface area contributed by atoms with Crippen LogP contribution in [0.3, 0.4) is 0 Å². The molecular formula is C73H126O16P2. The zero-order chi connectivity index (χ0) is 66.7. The minimum Gasteiger partial charge on any atom is -0.463 e. The lowest BCUT2D eigenvalue weighted by atomic mass is 10.1. The molecule has 5 atom stereocenters. The van der Waals surface area contributed by atoms with Gasteiger partial charge in [-0.3, -0.25) is 32.5 Å². The standard InChI is InChI=1S/C73H126O16P2/c1-4-7-10-13-16-19-22-25-28-30-32-33-35-37-39-41-44-47-50-53-56-59-71(76)83-62-68(74)63-85-90(79,80)86-64-69(75)65-87-91(81,82)88-67-70(89-73(78)61-58-55-52-49-46-43-38-27-24-21-18-15-12-9-6-3)66-84-72(77)60-57-54-51-48-45-42-40-36-34-31-29-26-23-20-17-14-11-8-5-2/h16-21,25-29,32-34,36-39,68-70,74-75H,4-15,22-24,30-31,35,40-67H2,1-3H3,(H,79,80)(H,81,82)/b19-16-,20-17-,21-18-,28-25-,29-26-,33-32-,36-34-,38-27-,39-37-. The lowest BCUT2D eigenvalue weighted by Crippen LogP contribution is -2.30. The monoisotopic (exact) mass is 1320 g/mol. The van der Waals surface area contributed by atoms with Crippen LogP contribution in [0.15, 0.2) is 109 Å². The van der Waals surface area contributed by atoms with Crippen molar-refractivity contribution < 1.29 is 75.8 Å². The molecule has 0 aliphatic rings. The second-order valence-electron chi connectivity index (χ2n) is 23.3. The number of unbranched alkanes of at least 4 members (excludes halogenated alkanes) is 25. The van der Waals surface area contributed by atoms with Crippen LogP contribution in [0.25, 0.3) is 0 Å². The van der Waals surface area contributed by atoms with E-state index in [0.29, 0.717) is 19.3 Å². The van der Waals surface area contributed by atoms with E-state index in [9.17, 15) is 43.5 Å². The van der Waals surface area contributed by atoms with Crippen LogP contribution in [0, 0.1) is 0 Å². The Morgan fingerprint density at radius 3 is 0.868 bits per heavy atom. The van der Waals surface area contributed by atoms with Gasteiger partial charge in [-0.25, -0.2) is 9.13 Å². The van der Waals surface area contributed by atoms with E-state index >= 15 is 0 Å². The topological polar surface area (TPSA) is 231 Å². The third-order valence-electron chi connectivity index (χ3n) is 14.4. The third kappa shape index (κ3) is 67.4. The Morgan fingerprint density at radius 2 is 0.549 bits per heavy atom. The van der Waals surface area contributed by atoms with E-state index in [0.717, 1.165) is 154 Å². The summed E-state index contributed by atoms with van der Waals surface area (Å²) in [4.78, 5) is 58.4. The third-order valence-corrected chi connectivity index (χ3v) is 16.3. The molecule has 4 N–H and O–H groups in total. The Labute approximate surface area is 551 Å². The summed E-state index contributed by atoms with van der Waals surface area (Å²) in [5.41, 5.74) is 0. The molecule has 0 amide bonds. The van der Waals surface area contributed by atoms with Gasteiger partial charge >= 0.3 is 33.6 Å². The minimum absolute atomic E-state index is 0.0832. The Hall–Kier alpha value is -3.79. The van der Waals surface area contributed by atoms with Crippen molar-refractivity contribution in [3.63, 3.8) is 0 Å². The molecule has 0 spiro atoms. The quantitative estimate of drug-likeness (QED) is 0.0146. The molecule has 0 aromatic carbocycles. The minimum atomic E-state index is -4.93. The Morgan fingerprint density at radius 1 is 0.308 bits per heavy atom. The molecule has 0 rings (SSSR count). The first-order valence-corrected chi connectivity index (χ1v) is 38.2. The Balaban J connectivity index is 4.70. The van der Waals surface area contributed by atoms with Gasteiger partial charge in [0.2, 0.25) is 0 Å². The molecule has 524 valence electrons. The molecule has 16 nitrogen and oxygen atoms in total. The molecule has 0 saturated carbocycles. The van der Waals surface area contributed by atoms with Gasteiger partial charge in [-0.2, -0.15) is 0 Å². The van der Waals surface area contributed by atoms with Crippen LogP contribution in [0.1, 0.15) is 278 Å². The van der Waals surface area contributed by atoms with Gasteiger partial charge in [0.1, 0.15) is 25.4 Å². The van der Waals surface area contributed by atoms with Crippen LogP contribution >= 0.6 is 15.6 Å². The lowest BCUT2D eigenvalue weighted by molar-refractivity contribution is -0.161. The number of phosphoric ester groups is 2.